The van der Waals surface area contributed by atoms with Gasteiger partial charge in [0.1, 0.15) is 0 Å². The normalized spacial score (nSPS) is 13.6. The molecule has 3 nitrogen and oxygen atoms in total. The molecule has 6 heteroatoms. The van der Waals surface area contributed by atoms with Crippen molar-refractivity contribution in [3.05, 3.63) is 94.1 Å². The first-order valence-corrected chi connectivity index (χ1v) is 20.0. The molecular weight excluding hydrogens is 636 g/mol. The van der Waals surface area contributed by atoms with E-state index in [0.717, 1.165) is 24.4 Å². The van der Waals surface area contributed by atoms with Crippen LogP contribution in [0.3, 0.4) is 0 Å². The Balaban J connectivity index is 0.000000278. The van der Waals surface area contributed by atoms with E-state index in [1.165, 1.54) is 44.8 Å². The Bertz CT molecular complexity index is 1290. The maximum Gasteiger partial charge on any atom is 0.0151 e. The first-order valence-electron chi connectivity index (χ1n) is 14.5. The minimum absolute atomic E-state index is 0.163. The van der Waals surface area contributed by atoms with Gasteiger partial charge in [-0.15, -0.1) is 0 Å². The van der Waals surface area contributed by atoms with Crippen molar-refractivity contribution in [1.29, 1.82) is 0 Å². The van der Waals surface area contributed by atoms with Crippen molar-refractivity contribution >= 4 is 35.4 Å². The fourth-order valence-electron chi connectivity index (χ4n) is 5.50. The summed E-state index contributed by atoms with van der Waals surface area (Å²) in [6.45, 7) is 26.5. The SMILES string of the molecule is CC(C)Oc1ccccc1[CH]=[Ru]([Cl])[Cl].Cc1cc(C)c(N2[CH-]N(c3c(C)cc(C)cc3C(C)C)CC2)c(C(C)C)c1. The van der Waals surface area contributed by atoms with Crippen molar-refractivity contribution in [2.75, 3.05) is 22.9 Å². The number of halogens is 2. The summed E-state index contributed by atoms with van der Waals surface area (Å²) in [5.41, 5.74) is 12.2. The molecule has 0 aliphatic carbocycles. The zero-order chi connectivity index (χ0) is 30.4. The topological polar surface area (TPSA) is 15.7 Å². The monoisotopic (exact) mass is 683 g/mol. The van der Waals surface area contributed by atoms with Crippen LogP contribution in [0.15, 0.2) is 48.5 Å². The number of benzene rings is 3. The molecular formula is C35H47Cl2N2ORu-. The first kappa shape index (κ1) is 33.6. The van der Waals surface area contributed by atoms with Crippen LogP contribution in [0.1, 0.15) is 92.3 Å². The number of ether oxygens (including phenoxy) is 1. The van der Waals surface area contributed by atoms with Gasteiger partial charge >= 0.3 is 97.8 Å². The van der Waals surface area contributed by atoms with E-state index in [2.05, 4.69) is 96.1 Å². The fraction of sp³-hybridized carbons (Fsp3) is 0.429. The van der Waals surface area contributed by atoms with E-state index in [1.54, 1.807) is 0 Å². The summed E-state index contributed by atoms with van der Waals surface area (Å²) in [7, 11) is 11.6. The van der Waals surface area contributed by atoms with E-state index in [4.69, 9.17) is 24.1 Å². The van der Waals surface area contributed by atoms with Crippen LogP contribution in [0.25, 0.3) is 0 Å². The summed E-state index contributed by atoms with van der Waals surface area (Å²) >= 11 is -1.77. The predicted molar refractivity (Wildman–Crippen MR) is 178 cm³/mol. The summed E-state index contributed by atoms with van der Waals surface area (Å²) in [5.74, 6) is 1.89. The van der Waals surface area contributed by atoms with Gasteiger partial charge in [0, 0.05) is 24.5 Å². The minimum atomic E-state index is -1.77. The van der Waals surface area contributed by atoms with Gasteiger partial charge in [0.15, 0.2) is 0 Å². The molecule has 0 saturated carbocycles. The zero-order valence-corrected chi connectivity index (χ0v) is 29.6. The van der Waals surface area contributed by atoms with E-state index < -0.39 is 13.5 Å². The van der Waals surface area contributed by atoms with Crippen LogP contribution in [0.5, 0.6) is 5.75 Å². The molecule has 1 fully saturated rings. The quantitative estimate of drug-likeness (QED) is 0.182. The van der Waals surface area contributed by atoms with Crippen molar-refractivity contribution in [3.63, 3.8) is 0 Å². The van der Waals surface area contributed by atoms with Crippen molar-refractivity contribution in [2.45, 2.75) is 87.2 Å². The molecule has 226 valence electrons. The molecule has 1 aliphatic rings. The van der Waals surface area contributed by atoms with Crippen LogP contribution in [0, 0.1) is 34.4 Å². The molecule has 1 heterocycles. The van der Waals surface area contributed by atoms with E-state index >= 15 is 0 Å². The molecule has 1 aliphatic heterocycles. The van der Waals surface area contributed by atoms with E-state index in [9.17, 15) is 0 Å². The minimum Gasteiger partial charge on any atom is -0.502 e. The molecule has 0 bridgehead atoms. The molecule has 0 amide bonds. The Morgan fingerprint density at radius 3 is 1.63 bits per heavy atom. The van der Waals surface area contributed by atoms with Crippen LogP contribution in [0.4, 0.5) is 11.4 Å². The largest absolute Gasteiger partial charge is 0.502 e. The number of rotatable bonds is 7. The number of aryl methyl sites for hydroxylation is 4. The molecule has 3 aromatic carbocycles. The van der Waals surface area contributed by atoms with Gasteiger partial charge in [0.25, 0.3) is 0 Å². The third kappa shape index (κ3) is 9.06. The van der Waals surface area contributed by atoms with Crippen LogP contribution >= 0.6 is 19.4 Å². The van der Waals surface area contributed by atoms with Gasteiger partial charge in [-0.1, -0.05) is 63.1 Å². The van der Waals surface area contributed by atoms with Crippen molar-refractivity contribution in [2.24, 2.45) is 0 Å². The molecule has 0 atom stereocenters. The van der Waals surface area contributed by atoms with E-state index in [1.807, 2.05) is 42.7 Å². The number of hydrogen-bond acceptors (Lipinski definition) is 3. The molecule has 0 N–H and O–H groups in total. The van der Waals surface area contributed by atoms with Gasteiger partial charge in [-0.3, -0.25) is 0 Å². The van der Waals surface area contributed by atoms with Crippen molar-refractivity contribution in [3.8, 4) is 5.75 Å². The molecule has 0 spiro atoms. The Morgan fingerprint density at radius 1 is 0.756 bits per heavy atom. The maximum absolute atomic E-state index is 5.82. The molecule has 41 heavy (non-hydrogen) atoms. The van der Waals surface area contributed by atoms with Gasteiger partial charge in [-0.25, -0.2) is 0 Å². The number of anilines is 2. The number of hydrogen-bond donors (Lipinski definition) is 0. The Kier molecular flexibility index (Phi) is 12.3. The summed E-state index contributed by atoms with van der Waals surface area (Å²) in [6.07, 6.45) is 0.163. The third-order valence-electron chi connectivity index (χ3n) is 7.10. The summed E-state index contributed by atoms with van der Waals surface area (Å²) in [5, 5.41) is 0. The average molecular weight is 684 g/mol. The first-order chi connectivity index (χ1) is 19.3. The summed E-state index contributed by atoms with van der Waals surface area (Å²) < 4.78 is 7.51. The van der Waals surface area contributed by atoms with E-state index in [0.29, 0.717) is 11.8 Å². The molecule has 0 aromatic heterocycles. The van der Waals surface area contributed by atoms with E-state index in [-0.39, 0.29) is 6.10 Å². The van der Waals surface area contributed by atoms with Gasteiger partial charge in [-0.2, -0.15) is 6.67 Å². The average Bonchev–Trinajstić information content (AvgIpc) is 3.33. The molecule has 1 saturated heterocycles. The molecule has 3 aromatic rings. The summed E-state index contributed by atoms with van der Waals surface area (Å²) in [6, 6.07) is 17.1. The van der Waals surface area contributed by atoms with Gasteiger partial charge in [0.2, 0.25) is 0 Å². The molecule has 0 radical (unpaired) electrons. The molecule has 4 rings (SSSR count). The van der Waals surface area contributed by atoms with Crippen LogP contribution < -0.4 is 14.5 Å². The van der Waals surface area contributed by atoms with Gasteiger partial charge < -0.3 is 9.80 Å². The van der Waals surface area contributed by atoms with Crippen molar-refractivity contribution in [1.82, 2.24) is 0 Å². The van der Waals surface area contributed by atoms with Gasteiger partial charge in [0.05, 0.1) is 0 Å². The second-order valence-corrected chi connectivity index (χ2v) is 17.6. The Labute approximate surface area is 262 Å². The maximum atomic E-state index is 5.82. The van der Waals surface area contributed by atoms with Crippen LogP contribution in [-0.2, 0) is 13.5 Å². The number of nitrogens with zero attached hydrogens (tertiary/aromatic N) is 2. The fourth-order valence-corrected chi connectivity index (χ4v) is 7.30. The van der Waals surface area contributed by atoms with Crippen molar-refractivity contribution < 1.29 is 18.3 Å². The van der Waals surface area contributed by atoms with Crippen LogP contribution in [-0.4, -0.2) is 23.8 Å². The summed E-state index contributed by atoms with van der Waals surface area (Å²) in [4.78, 5) is 4.93. The second-order valence-electron chi connectivity index (χ2n) is 11.9. The Morgan fingerprint density at radius 2 is 1.22 bits per heavy atom. The third-order valence-corrected chi connectivity index (χ3v) is 8.93. The molecule has 0 unspecified atom stereocenters. The standard InChI is InChI=1S/C25H35N2.C10H12O.2ClH.Ru/c1-16(2)22-13-18(5)11-20(7)24(22)26-9-10-27(15-26)25-21(8)12-19(6)14-23(25)17(3)4;1-8(2)11-10-7-5-4-6-9(10)3;;;/h11-17H,9-10H2,1-8H3;3-8H,1-2H3;2*1H;/q-1;;;;+2/p-2. The smallest absolute Gasteiger partial charge is 0.0151 e. The van der Waals surface area contributed by atoms with Crippen LogP contribution in [0.2, 0.25) is 0 Å². The predicted octanol–water partition coefficient (Wildman–Crippen LogP) is 10.2. The zero-order valence-electron chi connectivity index (χ0n) is 26.3. The van der Waals surface area contributed by atoms with Gasteiger partial charge in [-0.05, 0) is 61.8 Å². The Hall–Kier alpha value is -1.87. The second kappa shape index (κ2) is 15.0. The number of para-hydroxylation sites is 1.